The summed E-state index contributed by atoms with van der Waals surface area (Å²) in [5.41, 5.74) is 3.03. The standard InChI is InChI=1S/C16H24N4O2/c1-3-12(7-8-21)9-17-16(22)18-10-14-19-13-6-4-5-11(2)15(13)20-14/h4-6,12,21H,3,7-10H2,1-2H3,(H,19,20)(H2,17,18,22). The van der Waals surface area contributed by atoms with E-state index < -0.39 is 0 Å². The number of hydrogen-bond acceptors (Lipinski definition) is 3. The van der Waals surface area contributed by atoms with Gasteiger partial charge in [-0.25, -0.2) is 9.78 Å². The lowest BCUT2D eigenvalue weighted by atomic mass is 10.0. The van der Waals surface area contributed by atoms with Crippen molar-refractivity contribution >= 4 is 17.1 Å². The van der Waals surface area contributed by atoms with E-state index in [4.69, 9.17) is 5.11 Å². The predicted octanol–water partition coefficient (Wildman–Crippen LogP) is 2.08. The Morgan fingerprint density at radius 1 is 1.41 bits per heavy atom. The lowest BCUT2D eigenvalue weighted by molar-refractivity contribution is 0.230. The number of rotatable bonds is 7. The van der Waals surface area contributed by atoms with Crippen LogP contribution in [0.3, 0.4) is 0 Å². The molecule has 1 atom stereocenters. The molecule has 0 aliphatic carbocycles. The fraction of sp³-hybridized carbons (Fsp3) is 0.500. The number of benzene rings is 1. The summed E-state index contributed by atoms with van der Waals surface area (Å²) in [4.78, 5) is 19.5. The maximum Gasteiger partial charge on any atom is 0.315 e. The number of para-hydroxylation sites is 1. The van der Waals surface area contributed by atoms with Gasteiger partial charge in [-0.15, -0.1) is 0 Å². The molecule has 1 aromatic heterocycles. The number of nitrogens with one attached hydrogen (secondary N) is 3. The number of amides is 2. The molecule has 2 aromatic rings. The monoisotopic (exact) mass is 304 g/mol. The normalized spacial score (nSPS) is 12.3. The number of carbonyl (C=O) groups excluding carboxylic acids is 1. The van der Waals surface area contributed by atoms with Crippen molar-refractivity contribution in [3.63, 3.8) is 0 Å². The highest BCUT2D eigenvalue weighted by Crippen LogP contribution is 2.15. The van der Waals surface area contributed by atoms with Gasteiger partial charge in [0, 0.05) is 13.2 Å². The van der Waals surface area contributed by atoms with E-state index in [0.717, 1.165) is 28.8 Å². The van der Waals surface area contributed by atoms with Crippen LogP contribution >= 0.6 is 0 Å². The van der Waals surface area contributed by atoms with Gasteiger partial charge in [0.1, 0.15) is 5.82 Å². The van der Waals surface area contributed by atoms with Crippen molar-refractivity contribution in [1.29, 1.82) is 0 Å². The highest BCUT2D eigenvalue weighted by atomic mass is 16.3. The number of H-pyrrole nitrogens is 1. The Morgan fingerprint density at radius 2 is 2.23 bits per heavy atom. The summed E-state index contributed by atoms with van der Waals surface area (Å²) in [6, 6.07) is 5.75. The Morgan fingerprint density at radius 3 is 2.91 bits per heavy atom. The van der Waals surface area contributed by atoms with E-state index in [-0.39, 0.29) is 12.6 Å². The summed E-state index contributed by atoms with van der Waals surface area (Å²) in [7, 11) is 0. The zero-order valence-electron chi connectivity index (χ0n) is 13.1. The van der Waals surface area contributed by atoms with Crippen molar-refractivity contribution in [2.75, 3.05) is 13.2 Å². The second kappa shape index (κ2) is 7.79. The molecule has 2 rings (SSSR count). The first kappa shape index (κ1) is 16.3. The molecular weight excluding hydrogens is 280 g/mol. The Kier molecular flexibility index (Phi) is 5.77. The van der Waals surface area contributed by atoms with Crippen molar-refractivity contribution < 1.29 is 9.90 Å². The minimum Gasteiger partial charge on any atom is -0.396 e. The Labute approximate surface area is 130 Å². The zero-order chi connectivity index (χ0) is 15.9. The van der Waals surface area contributed by atoms with Gasteiger partial charge in [-0.05, 0) is 30.9 Å². The molecule has 0 spiro atoms. The number of carbonyl (C=O) groups is 1. The number of hydrogen-bond donors (Lipinski definition) is 4. The maximum absolute atomic E-state index is 11.8. The van der Waals surface area contributed by atoms with Gasteiger partial charge in [-0.1, -0.05) is 25.5 Å². The van der Waals surface area contributed by atoms with Crippen molar-refractivity contribution in [1.82, 2.24) is 20.6 Å². The average molecular weight is 304 g/mol. The highest BCUT2D eigenvalue weighted by Gasteiger charge is 2.09. The smallest absolute Gasteiger partial charge is 0.315 e. The first-order valence-corrected chi connectivity index (χ1v) is 7.70. The van der Waals surface area contributed by atoms with Crippen LogP contribution < -0.4 is 10.6 Å². The molecule has 22 heavy (non-hydrogen) atoms. The summed E-state index contributed by atoms with van der Waals surface area (Å²) in [5.74, 6) is 1.05. The SMILES string of the molecule is CCC(CCO)CNC(=O)NCc1nc2c(C)cccc2[nH]1. The largest absolute Gasteiger partial charge is 0.396 e. The molecular formula is C16H24N4O2. The second-order valence-corrected chi connectivity index (χ2v) is 5.50. The van der Waals surface area contributed by atoms with Crippen LogP contribution in [0.5, 0.6) is 0 Å². The minimum atomic E-state index is -0.214. The summed E-state index contributed by atoms with van der Waals surface area (Å²) in [6.45, 7) is 5.15. The van der Waals surface area contributed by atoms with Gasteiger partial charge < -0.3 is 20.7 Å². The molecule has 1 aromatic carbocycles. The van der Waals surface area contributed by atoms with Gasteiger partial charge in [-0.2, -0.15) is 0 Å². The number of aromatic nitrogens is 2. The fourth-order valence-electron chi connectivity index (χ4n) is 2.41. The van der Waals surface area contributed by atoms with E-state index in [1.807, 2.05) is 25.1 Å². The molecule has 4 N–H and O–H groups in total. The molecule has 0 radical (unpaired) electrons. The predicted molar refractivity (Wildman–Crippen MR) is 86.6 cm³/mol. The Bertz CT molecular complexity index is 624. The number of aromatic amines is 1. The second-order valence-electron chi connectivity index (χ2n) is 5.50. The molecule has 6 heteroatoms. The lowest BCUT2D eigenvalue weighted by Crippen LogP contribution is -2.38. The van der Waals surface area contributed by atoms with Crippen LogP contribution in [-0.2, 0) is 6.54 Å². The third-order valence-corrected chi connectivity index (χ3v) is 3.85. The maximum atomic E-state index is 11.8. The first-order chi connectivity index (χ1) is 10.6. The van der Waals surface area contributed by atoms with Gasteiger partial charge in [-0.3, -0.25) is 0 Å². The summed E-state index contributed by atoms with van der Waals surface area (Å²) < 4.78 is 0. The first-order valence-electron chi connectivity index (χ1n) is 7.70. The number of aryl methyl sites for hydroxylation is 1. The number of fused-ring (bicyclic) bond motifs is 1. The quantitative estimate of drug-likeness (QED) is 0.631. The van der Waals surface area contributed by atoms with Gasteiger partial charge in [0.2, 0.25) is 0 Å². The third-order valence-electron chi connectivity index (χ3n) is 3.85. The van der Waals surface area contributed by atoms with E-state index in [1.165, 1.54) is 0 Å². The number of imidazole rings is 1. The van der Waals surface area contributed by atoms with Crippen LogP contribution in [0, 0.1) is 12.8 Å². The van der Waals surface area contributed by atoms with E-state index >= 15 is 0 Å². The zero-order valence-corrected chi connectivity index (χ0v) is 13.1. The molecule has 0 aliphatic heterocycles. The van der Waals surface area contributed by atoms with Gasteiger partial charge >= 0.3 is 6.03 Å². The number of aliphatic hydroxyl groups is 1. The van der Waals surface area contributed by atoms with E-state index in [9.17, 15) is 4.79 Å². The van der Waals surface area contributed by atoms with Crippen molar-refractivity contribution in [3.8, 4) is 0 Å². The van der Waals surface area contributed by atoms with E-state index in [1.54, 1.807) is 0 Å². The average Bonchev–Trinajstić information content (AvgIpc) is 2.94. The molecule has 0 fully saturated rings. The number of aliphatic hydroxyl groups excluding tert-OH is 1. The number of nitrogens with zero attached hydrogens (tertiary/aromatic N) is 1. The third kappa shape index (κ3) is 4.21. The number of urea groups is 1. The van der Waals surface area contributed by atoms with E-state index in [2.05, 4.69) is 27.5 Å². The van der Waals surface area contributed by atoms with Crippen LogP contribution in [-0.4, -0.2) is 34.3 Å². The van der Waals surface area contributed by atoms with Crippen LogP contribution in [0.4, 0.5) is 4.79 Å². The van der Waals surface area contributed by atoms with Gasteiger partial charge in [0.05, 0.1) is 17.6 Å². The fourth-order valence-corrected chi connectivity index (χ4v) is 2.41. The molecule has 6 nitrogen and oxygen atoms in total. The summed E-state index contributed by atoms with van der Waals surface area (Å²) in [5, 5.41) is 14.6. The molecule has 0 bridgehead atoms. The van der Waals surface area contributed by atoms with Crippen LogP contribution in [0.2, 0.25) is 0 Å². The minimum absolute atomic E-state index is 0.153. The van der Waals surface area contributed by atoms with Crippen LogP contribution in [0.25, 0.3) is 11.0 Å². The molecule has 0 saturated carbocycles. The van der Waals surface area contributed by atoms with Crippen molar-refractivity contribution in [2.45, 2.75) is 33.2 Å². The molecule has 1 unspecified atom stereocenters. The van der Waals surface area contributed by atoms with Gasteiger partial charge in [0.25, 0.3) is 0 Å². The van der Waals surface area contributed by atoms with Crippen molar-refractivity contribution in [2.24, 2.45) is 5.92 Å². The molecule has 2 amide bonds. The molecule has 120 valence electrons. The van der Waals surface area contributed by atoms with Crippen LogP contribution in [0.1, 0.15) is 31.2 Å². The highest BCUT2D eigenvalue weighted by molar-refractivity contribution is 5.78. The Hall–Kier alpha value is -2.08. The molecule has 0 saturated heterocycles. The Balaban J connectivity index is 1.83. The summed E-state index contributed by atoms with van der Waals surface area (Å²) in [6.07, 6.45) is 1.64. The lowest BCUT2D eigenvalue weighted by Gasteiger charge is -2.14. The van der Waals surface area contributed by atoms with Crippen LogP contribution in [0.15, 0.2) is 18.2 Å². The summed E-state index contributed by atoms with van der Waals surface area (Å²) >= 11 is 0. The van der Waals surface area contributed by atoms with Gasteiger partial charge in [0.15, 0.2) is 0 Å². The molecule has 1 heterocycles. The van der Waals surface area contributed by atoms with E-state index in [0.29, 0.717) is 25.4 Å². The molecule has 0 aliphatic rings. The van der Waals surface area contributed by atoms with Crippen molar-refractivity contribution in [3.05, 3.63) is 29.6 Å². The topological polar surface area (TPSA) is 90.0 Å².